The van der Waals surface area contributed by atoms with E-state index in [9.17, 15) is 9.59 Å². The molecule has 1 amide bonds. The van der Waals surface area contributed by atoms with Crippen LogP contribution in [-0.4, -0.2) is 55.2 Å². The van der Waals surface area contributed by atoms with E-state index in [-0.39, 0.29) is 24.9 Å². The highest BCUT2D eigenvalue weighted by Gasteiger charge is 2.19. The maximum Gasteiger partial charge on any atom is 0.323 e. The van der Waals surface area contributed by atoms with Gasteiger partial charge in [-0.1, -0.05) is 44.2 Å². The third-order valence-corrected chi connectivity index (χ3v) is 3.03. The highest BCUT2D eigenvalue weighted by Crippen LogP contribution is 2.11. The maximum atomic E-state index is 12.3. The molecule has 0 aliphatic heterocycles. The molecular formula is C15H19N5O3. The van der Waals surface area contributed by atoms with Gasteiger partial charge >= 0.3 is 5.97 Å². The first-order valence-electron chi connectivity index (χ1n) is 7.28. The fourth-order valence-electron chi connectivity index (χ4n) is 2.09. The van der Waals surface area contributed by atoms with Crippen molar-refractivity contribution >= 4 is 11.9 Å². The number of aromatic nitrogens is 4. The molecule has 1 aromatic heterocycles. The summed E-state index contributed by atoms with van der Waals surface area (Å²) < 4.78 is 0. The summed E-state index contributed by atoms with van der Waals surface area (Å²) in [6.45, 7) is 3.73. The summed E-state index contributed by atoms with van der Waals surface area (Å²) in [6, 6.07) is 9.29. The van der Waals surface area contributed by atoms with Crippen LogP contribution in [0.1, 0.15) is 13.8 Å². The molecule has 0 unspecified atom stereocenters. The lowest BCUT2D eigenvalue weighted by atomic mass is 10.2. The number of hydrogen-bond donors (Lipinski definition) is 1. The van der Waals surface area contributed by atoms with Crippen LogP contribution >= 0.6 is 0 Å². The highest BCUT2D eigenvalue weighted by atomic mass is 16.4. The van der Waals surface area contributed by atoms with Gasteiger partial charge in [-0.25, -0.2) is 0 Å². The number of aliphatic carboxylic acids is 1. The van der Waals surface area contributed by atoms with Crippen LogP contribution in [0.25, 0.3) is 11.4 Å². The van der Waals surface area contributed by atoms with Crippen LogP contribution in [0.5, 0.6) is 0 Å². The minimum absolute atomic E-state index is 0.139. The zero-order valence-corrected chi connectivity index (χ0v) is 13.1. The zero-order chi connectivity index (χ0) is 16.8. The van der Waals surface area contributed by atoms with E-state index in [0.717, 1.165) is 5.56 Å². The van der Waals surface area contributed by atoms with E-state index < -0.39 is 5.97 Å². The number of carbonyl (C=O) groups excluding carboxylic acids is 1. The second-order valence-electron chi connectivity index (χ2n) is 5.57. The largest absolute Gasteiger partial charge is 0.480 e. The Kier molecular flexibility index (Phi) is 5.40. The van der Waals surface area contributed by atoms with Crippen LogP contribution in [0.2, 0.25) is 0 Å². The van der Waals surface area contributed by atoms with Crippen molar-refractivity contribution in [3.8, 4) is 11.4 Å². The van der Waals surface area contributed by atoms with Crippen molar-refractivity contribution in [1.29, 1.82) is 0 Å². The summed E-state index contributed by atoms with van der Waals surface area (Å²) in [4.78, 5) is 25.6. The van der Waals surface area contributed by atoms with Gasteiger partial charge in [-0.3, -0.25) is 9.59 Å². The number of carbonyl (C=O) groups is 2. The Morgan fingerprint density at radius 2 is 1.96 bits per heavy atom. The molecule has 0 fully saturated rings. The average Bonchev–Trinajstić information content (AvgIpc) is 2.95. The lowest BCUT2D eigenvalue weighted by Gasteiger charge is -2.22. The lowest BCUT2D eigenvalue weighted by Crippen LogP contribution is -2.40. The van der Waals surface area contributed by atoms with Gasteiger partial charge in [0.15, 0.2) is 0 Å². The van der Waals surface area contributed by atoms with E-state index in [2.05, 4.69) is 15.4 Å². The third kappa shape index (κ3) is 4.87. The van der Waals surface area contributed by atoms with E-state index in [4.69, 9.17) is 5.11 Å². The van der Waals surface area contributed by atoms with E-state index in [0.29, 0.717) is 12.4 Å². The summed E-state index contributed by atoms with van der Waals surface area (Å²) in [6.07, 6.45) is 0. The van der Waals surface area contributed by atoms with Crippen molar-refractivity contribution in [2.45, 2.75) is 20.4 Å². The monoisotopic (exact) mass is 317 g/mol. The van der Waals surface area contributed by atoms with Crippen LogP contribution in [0, 0.1) is 5.92 Å². The van der Waals surface area contributed by atoms with Crippen molar-refractivity contribution in [3.63, 3.8) is 0 Å². The molecule has 0 saturated heterocycles. The fourth-order valence-corrected chi connectivity index (χ4v) is 2.09. The van der Waals surface area contributed by atoms with Crippen LogP contribution in [-0.2, 0) is 16.1 Å². The van der Waals surface area contributed by atoms with Crippen molar-refractivity contribution < 1.29 is 14.7 Å². The molecule has 8 nitrogen and oxygen atoms in total. The molecule has 0 atom stereocenters. The molecule has 0 radical (unpaired) electrons. The van der Waals surface area contributed by atoms with E-state index >= 15 is 0 Å². The van der Waals surface area contributed by atoms with Gasteiger partial charge in [-0.15, -0.1) is 10.2 Å². The van der Waals surface area contributed by atoms with Gasteiger partial charge in [0.1, 0.15) is 13.1 Å². The molecule has 0 aliphatic carbocycles. The number of benzene rings is 1. The van der Waals surface area contributed by atoms with Crippen LogP contribution in [0.3, 0.4) is 0 Å². The van der Waals surface area contributed by atoms with Crippen molar-refractivity contribution in [1.82, 2.24) is 25.1 Å². The van der Waals surface area contributed by atoms with Crippen LogP contribution < -0.4 is 0 Å². The predicted octanol–water partition coefficient (Wildman–Crippen LogP) is 0.909. The van der Waals surface area contributed by atoms with Gasteiger partial charge in [0.25, 0.3) is 0 Å². The molecule has 23 heavy (non-hydrogen) atoms. The normalized spacial score (nSPS) is 10.7. The minimum atomic E-state index is -1.05. The standard InChI is InChI=1S/C15H19N5O3/c1-11(2)8-19(10-14(22)23)13(21)9-20-17-15(16-18-20)12-6-4-3-5-7-12/h3-7,11H,8-10H2,1-2H3,(H,22,23). The Labute approximate surface area is 133 Å². The van der Waals surface area contributed by atoms with Gasteiger partial charge in [-0.2, -0.15) is 4.80 Å². The molecule has 8 heteroatoms. The summed E-state index contributed by atoms with van der Waals surface area (Å²) in [5, 5.41) is 20.9. The molecule has 0 bridgehead atoms. The first kappa shape index (κ1) is 16.6. The number of carboxylic acid groups (broad SMARTS) is 1. The number of rotatable bonds is 7. The Balaban J connectivity index is 2.06. The number of nitrogens with zero attached hydrogens (tertiary/aromatic N) is 5. The Hall–Kier alpha value is -2.77. The number of hydrogen-bond acceptors (Lipinski definition) is 5. The summed E-state index contributed by atoms with van der Waals surface area (Å²) >= 11 is 0. The van der Waals surface area contributed by atoms with E-state index in [1.807, 2.05) is 44.2 Å². The number of amides is 1. The smallest absolute Gasteiger partial charge is 0.323 e. The minimum Gasteiger partial charge on any atom is -0.480 e. The van der Waals surface area contributed by atoms with Gasteiger partial charge in [-0.05, 0) is 11.1 Å². The first-order valence-corrected chi connectivity index (χ1v) is 7.28. The van der Waals surface area contributed by atoms with Crippen LogP contribution in [0.4, 0.5) is 0 Å². The fraction of sp³-hybridized carbons (Fsp3) is 0.400. The Morgan fingerprint density at radius 1 is 1.26 bits per heavy atom. The molecule has 0 aliphatic rings. The Morgan fingerprint density at radius 3 is 2.57 bits per heavy atom. The first-order chi connectivity index (χ1) is 11.0. The predicted molar refractivity (Wildman–Crippen MR) is 82.3 cm³/mol. The zero-order valence-electron chi connectivity index (χ0n) is 13.1. The van der Waals surface area contributed by atoms with Gasteiger partial charge < -0.3 is 10.0 Å². The molecule has 1 heterocycles. The average molecular weight is 317 g/mol. The molecule has 122 valence electrons. The Bertz CT molecular complexity index is 669. The molecule has 2 rings (SSSR count). The number of carboxylic acids is 1. The number of tetrazole rings is 1. The van der Waals surface area contributed by atoms with Crippen molar-refractivity contribution in [3.05, 3.63) is 30.3 Å². The third-order valence-electron chi connectivity index (χ3n) is 3.03. The van der Waals surface area contributed by atoms with Gasteiger partial charge in [0, 0.05) is 12.1 Å². The second-order valence-corrected chi connectivity index (χ2v) is 5.57. The topological polar surface area (TPSA) is 101 Å². The molecular weight excluding hydrogens is 298 g/mol. The van der Waals surface area contributed by atoms with E-state index in [1.165, 1.54) is 9.70 Å². The molecule has 0 saturated carbocycles. The van der Waals surface area contributed by atoms with E-state index in [1.54, 1.807) is 0 Å². The molecule has 0 spiro atoms. The summed E-state index contributed by atoms with van der Waals surface area (Å²) in [5.74, 6) is -0.803. The quantitative estimate of drug-likeness (QED) is 0.814. The summed E-state index contributed by atoms with van der Waals surface area (Å²) in [5.41, 5.74) is 0.802. The van der Waals surface area contributed by atoms with Crippen LogP contribution in [0.15, 0.2) is 30.3 Å². The molecule has 2 aromatic rings. The molecule has 1 aromatic carbocycles. The van der Waals surface area contributed by atoms with Gasteiger partial charge in [0.2, 0.25) is 11.7 Å². The van der Waals surface area contributed by atoms with Gasteiger partial charge in [0.05, 0.1) is 0 Å². The lowest BCUT2D eigenvalue weighted by molar-refractivity contribution is -0.145. The second kappa shape index (κ2) is 7.48. The van der Waals surface area contributed by atoms with Crippen molar-refractivity contribution in [2.24, 2.45) is 5.92 Å². The molecule has 1 N–H and O–H groups in total. The van der Waals surface area contributed by atoms with Crippen molar-refractivity contribution in [2.75, 3.05) is 13.1 Å². The maximum absolute atomic E-state index is 12.3. The highest BCUT2D eigenvalue weighted by molar-refractivity contribution is 5.81. The SMILES string of the molecule is CC(C)CN(CC(=O)O)C(=O)Cn1nnc(-c2ccccc2)n1. The summed E-state index contributed by atoms with van der Waals surface area (Å²) in [7, 11) is 0.